The Morgan fingerprint density at radius 3 is 2.88 bits per heavy atom. The van der Waals surface area contributed by atoms with Gasteiger partial charge in [0.25, 0.3) is 0 Å². The van der Waals surface area contributed by atoms with Gasteiger partial charge >= 0.3 is 0 Å². The second kappa shape index (κ2) is 3.23. The lowest BCUT2D eigenvalue weighted by Gasteiger charge is -2.06. The molecule has 3 nitrogen and oxygen atoms in total. The smallest absolute Gasteiger partial charge is 0.121 e. The highest BCUT2D eigenvalue weighted by molar-refractivity contribution is 5.80. The zero-order valence-corrected chi connectivity index (χ0v) is 9.27. The van der Waals surface area contributed by atoms with E-state index in [0.717, 1.165) is 28.0 Å². The monoisotopic (exact) mass is 212 g/mol. The van der Waals surface area contributed by atoms with Crippen molar-refractivity contribution in [3.63, 3.8) is 0 Å². The molecule has 0 aliphatic carbocycles. The summed E-state index contributed by atoms with van der Waals surface area (Å²) in [5.41, 5.74) is 4.25. The van der Waals surface area contributed by atoms with Crippen LogP contribution in [0.15, 0.2) is 36.5 Å². The van der Waals surface area contributed by atoms with Gasteiger partial charge in [-0.25, -0.2) is 4.98 Å². The Morgan fingerprint density at radius 2 is 2.06 bits per heavy atom. The molecule has 1 aromatic carbocycles. The lowest BCUT2D eigenvalue weighted by atomic mass is 10.2. The van der Waals surface area contributed by atoms with E-state index in [0.29, 0.717) is 0 Å². The molecule has 0 amide bonds. The lowest BCUT2D eigenvalue weighted by Crippen LogP contribution is -1.94. The number of hydrogen-bond acceptors (Lipinski definition) is 2. The first kappa shape index (κ1) is 9.21. The van der Waals surface area contributed by atoms with Crippen LogP contribution in [0.2, 0.25) is 0 Å². The van der Waals surface area contributed by atoms with Crippen molar-refractivity contribution in [1.82, 2.24) is 9.38 Å². The topological polar surface area (TPSA) is 26.5 Å². The molecule has 0 bridgehead atoms. The number of fused-ring (bicyclic) bond motifs is 3. The summed E-state index contributed by atoms with van der Waals surface area (Å²) in [5.74, 6) is 0.839. The van der Waals surface area contributed by atoms with Gasteiger partial charge in [0.1, 0.15) is 5.75 Å². The molecule has 0 aliphatic heterocycles. The van der Waals surface area contributed by atoms with Crippen molar-refractivity contribution in [2.45, 2.75) is 6.92 Å². The molecule has 3 heteroatoms. The average molecular weight is 212 g/mol. The van der Waals surface area contributed by atoms with Gasteiger partial charge in [-0.1, -0.05) is 0 Å². The van der Waals surface area contributed by atoms with E-state index in [9.17, 15) is 0 Å². The summed E-state index contributed by atoms with van der Waals surface area (Å²) in [6.45, 7) is 2.02. The molecule has 0 N–H and O–H groups in total. The molecule has 16 heavy (non-hydrogen) atoms. The maximum atomic E-state index is 5.21. The number of aromatic nitrogens is 2. The number of aryl methyl sites for hydroxylation is 1. The Hall–Kier alpha value is -2.03. The van der Waals surface area contributed by atoms with Gasteiger partial charge in [0.2, 0.25) is 0 Å². The zero-order chi connectivity index (χ0) is 11.1. The highest BCUT2D eigenvalue weighted by atomic mass is 16.5. The largest absolute Gasteiger partial charge is 0.497 e. The normalized spacial score (nSPS) is 11.1. The second-order valence-electron chi connectivity index (χ2n) is 3.82. The second-order valence-corrected chi connectivity index (χ2v) is 3.82. The number of rotatable bonds is 1. The number of methoxy groups -OCH3 is 1. The first-order valence-electron chi connectivity index (χ1n) is 5.21. The maximum Gasteiger partial charge on any atom is 0.121 e. The van der Waals surface area contributed by atoms with E-state index in [2.05, 4.69) is 21.6 Å². The van der Waals surface area contributed by atoms with Crippen LogP contribution in [-0.2, 0) is 0 Å². The van der Waals surface area contributed by atoms with Gasteiger partial charge in [-0.3, -0.25) is 0 Å². The van der Waals surface area contributed by atoms with Gasteiger partial charge in [0.15, 0.2) is 0 Å². The van der Waals surface area contributed by atoms with Crippen molar-refractivity contribution < 1.29 is 4.74 Å². The van der Waals surface area contributed by atoms with Crippen molar-refractivity contribution in [2.75, 3.05) is 7.11 Å². The third-order valence-corrected chi connectivity index (χ3v) is 2.85. The summed E-state index contributed by atoms with van der Waals surface area (Å²) >= 11 is 0. The molecule has 0 fully saturated rings. The quantitative estimate of drug-likeness (QED) is 0.620. The van der Waals surface area contributed by atoms with Crippen LogP contribution in [0, 0.1) is 6.92 Å². The van der Waals surface area contributed by atoms with Crippen LogP contribution in [0.4, 0.5) is 0 Å². The van der Waals surface area contributed by atoms with E-state index in [1.54, 1.807) is 7.11 Å². The van der Waals surface area contributed by atoms with E-state index in [-0.39, 0.29) is 0 Å². The summed E-state index contributed by atoms with van der Waals surface area (Å²) < 4.78 is 7.36. The van der Waals surface area contributed by atoms with Crippen LogP contribution >= 0.6 is 0 Å². The van der Waals surface area contributed by atoms with Gasteiger partial charge in [-0.05, 0) is 31.2 Å². The van der Waals surface area contributed by atoms with Gasteiger partial charge in [-0.15, -0.1) is 0 Å². The van der Waals surface area contributed by atoms with Crippen LogP contribution in [0.1, 0.15) is 5.69 Å². The van der Waals surface area contributed by atoms with Crippen molar-refractivity contribution in [2.24, 2.45) is 0 Å². The first-order valence-corrected chi connectivity index (χ1v) is 5.21. The predicted molar refractivity (Wildman–Crippen MR) is 64.0 cm³/mol. The molecule has 0 aliphatic rings. The Morgan fingerprint density at radius 1 is 1.19 bits per heavy atom. The number of nitrogens with zero attached hydrogens (tertiary/aromatic N) is 2. The molecule has 2 aromatic heterocycles. The third kappa shape index (κ3) is 1.18. The molecule has 3 aromatic rings. The fourth-order valence-corrected chi connectivity index (χ4v) is 2.05. The summed E-state index contributed by atoms with van der Waals surface area (Å²) in [5, 5.41) is 0. The highest BCUT2D eigenvalue weighted by Gasteiger charge is 2.05. The van der Waals surface area contributed by atoms with Crippen molar-refractivity contribution in [1.29, 1.82) is 0 Å². The van der Waals surface area contributed by atoms with E-state index < -0.39 is 0 Å². The van der Waals surface area contributed by atoms with E-state index in [1.807, 2.05) is 31.2 Å². The standard InChI is InChI=1S/C13H12N2O/c1-9-12-4-3-7-15(12)13-6-5-10(16-2)8-11(13)14-9/h3-8H,1-2H3. The molecule has 2 heterocycles. The third-order valence-electron chi connectivity index (χ3n) is 2.85. The first-order chi connectivity index (χ1) is 7.79. The SMILES string of the molecule is COc1ccc2c(c1)nc(C)c1cccn12. The molecular weight excluding hydrogens is 200 g/mol. The number of ether oxygens (including phenoxy) is 1. The average Bonchev–Trinajstić information content (AvgIpc) is 2.78. The van der Waals surface area contributed by atoms with Crippen LogP contribution in [0.3, 0.4) is 0 Å². The minimum absolute atomic E-state index is 0.839. The molecule has 0 atom stereocenters. The number of hydrogen-bond donors (Lipinski definition) is 0. The van der Waals surface area contributed by atoms with Gasteiger partial charge in [0, 0.05) is 12.3 Å². The fraction of sp³-hybridized carbons (Fsp3) is 0.154. The van der Waals surface area contributed by atoms with Crippen molar-refractivity contribution >= 4 is 16.6 Å². The van der Waals surface area contributed by atoms with Gasteiger partial charge in [-0.2, -0.15) is 0 Å². The van der Waals surface area contributed by atoms with E-state index in [1.165, 1.54) is 0 Å². The zero-order valence-electron chi connectivity index (χ0n) is 9.27. The Labute approximate surface area is 93.3 Å². The van der Waals surface area contributed by atoms with Gasteiger partial charge in [0.05, 0.1) is 29.4 Å². The van der Waals surface area contributed by atoms with Gasteiger partial charge < -0.3 is 9.14 Å². The predicted octanol–water partition coefficient (Wildman–Crippen LogP) is 2.80. The molecule has 0 unspecified atom stereocenters. The minimum atomic E-state index is 0.839. The van der Waals surface area contributed by atoms with E-state index >= 15 is 0 Å². The Kier molecular flexibility index (Phi) is 1.86. The lowest BCUT2D eigenvalue weighted by molar-refractivity contribution is 0.415. The molecule has 0 saturated heterocycles. The highest BCUT2D eigenvalue weighted by Crippen LogP contribution is 2.22. The van der Waals surface area contributed by atoms with Crippen LogP contribution in [-0.4, -0.2) is 16.5 Å². The fourth-order valence-electron chi connectivity index (χ4n) is 2.05. The van der Waals surface area contributed by atoms with Crippen molar-refractivity contribution in [3.05, 3.63) is 42.2 Å². The molecule has 0 radical (unpaired) electrons. The molecule has 3 rings (SSSR count). The summed E-state index contributed by atoms with van der Waals surface area (Å²) in [6.07, 6.45) is 2.05. The van der Waals surface area contributed by atoms with Crippen LogP contribution in [0.25, 0.3) is 16.6 Å². The van der Waals surface area contributed by atoms with Crippen LogP contribution in [0.5, 0.6) is 5.75 Å². The maximum absolute atomic E-state index is 5.21. The Bertz CT molecular complexity index is 670. The molecule has 80 valence electrons. The summed E-state index contributed by atoms with van der Waals surface area (Å²) in [4.78, 5) is 4.58. The molecule has 0 saturated carbocycles. The summed E-state index contributed by atoms with van der Waals surface area (Å²) in [6, 6.07) is 10.1. The van der Waals surface area contributed by atoms with Crippen LogP contribution < -0.4 is 4.74 Å². The molecular formula is C13H12N2O. The minimum Gasteiger partial charge on any atom is -0.497 e. The van der Waals surface area contributed by atoms with E-state index in [4.69, 9.17) is 4.74 Å². The molecule has 0 spiro atoms. The summed E-state index contributed by atoms with van der Waals surface area (Å²) in [7, 11) is 1.67. The Balaban J connectivity index is 2.48. The number of benzene rings is 1. The van der Waals surface area contributed by atoms with Crippen molar-refractivity contribution in [3.8, 4) is 5.75 Å².